The first kappa shape index (κ1) is 22.8. The Labute approximate surface area is 197 Å². The van der Waals surface area contributed by atoms with E-state index in [2.05, 4.69) is 27.3 Å². The molecule has 1 atom stereocenters. The van der Waals surface area contributed by atoms with E-state index in [4.69, 9.17) is 0 Å². The summed E-state index contributed by atoms with van der Waals surface area (Å²) in [5, 5.41) is 9.76. The monoisotopic (exact) mass is 472 g/mol. The van der Waals surface area contributed by atoms with Crippen molar-refractivity contribution in [3.63, 3.8) is 0 Å². The summed E-state index contributed by atoms with van der Waals surface area (Å²) in [7, 11) is 0. The van der Waals surface area contributed by atoms with E-state index < -0.39 is 23.1 Å². The minimum absolute atomic E-state index is 0.0463. The first-order valence-corrected chi connectivity index (χ1v) is 11.8. The summed E-state index contributed by atoms with van der Waals surface area (Å²) in [6.07, 6.45) is 2.63. The highest BCUT2D eigenvalue weighted by molar-refractivity contribution is 6.04. The molecule has 0 spiro atoms. The van der Waals surface area contributed by atoms with Crippen molar-refractivity contribution in [2.75, 3.05) is 31.5 Å². The zero-order valence-corrected chi connectivity index (χ0v) is 19.7. The molecule has 0 radical (unpaired) electrons. The molecule has 3 heterocycles. The van der Waals surface area contributed by atoms with Crippen molar-refractivity contribution in [1.82, 2.24) is 24.9 Å². The minimum Gasteiger partial charge on any atom is -0.319 e. The van der Waals surface area contributed by atoms with E-state index in [1.807, 2.05) is 18.7 Å². The summed E-state index contributed by atoms with van der Waals surface area (Å²) in [6.45, 7) is 9.78. The quantitative estimate of drug-likeness (QED) is 0.713. The first-order chi connectivity index (χ1) is 16.1. The number of aromatic amines is 1. The molecule has 5 rings (SSSR count). The van der Waals surface area contributed by atoms with Crippen molar-refractivity contribution in [3.05, 3.63) is 46.7 Å². The highest BCUT2D eigenvalue weighted by Gasteiger charge is 2.46. The van der Waals surface area contributed by atoms with Crippen LogP contribution in [0.5, 0.6) is 0 Å². The molecule has 3 aliphatic rings. The SMILES string of the molecule is C[C@H]1CN(CC2CC2)CCN1C(=O)N1Cc2c(NC(=O)c3ccc(F)cc3F)n[nH]c2C1(C)C. The zero-order valence-electron chi connectivity index (χ0n) is 19.7. The van der Waals surface area contributed by atoms with Gasteiger partial charge in [0.05, 0.1) is 23.3 Å². The number of rotatable bonds is 4. The second-order valence-electron chi connectivity index (χ2n) is 10.2. The van der Waals surface area contributed by atoms with Crippen molar-refractivity contribution >= 4 is 17.8 Å². The Morgan fingerprint density at radius 2 is 2.00 bits per heavy atom. The smallest absolute Gasteiger partial charge is 0.319 e. The number of halogens is 2. The normalized spacial score (nSPS) is 22.1. The largest absolute Gasteiger partial charge is 0.321 e. The predicted molar refractivity (Wildman–Crippen MR) is 122 cm³/mol. The Hall–Kier alpha value is -3.01. The molecular weight excluding hydrogens is 442 g/mol. The van der Waals surface area contributed by atoms with Crippen molar-refractivity contribution in [1.29, 1.82) is 0 Å². The molecular formula is C24H30F2N6O2. The van der Waals surface area contributed by atoms with E-state index in [9.17, 15) is 18.4 Å². The number of hydrogen-bond acceptors (Lipinski definition) is 4. The van der Waals surface area contributed by atoms with Crippen LogP contribution in [0.4, 0.5) is 19.4 Å². The van der Waals surface area contributed by atoms with Gasteiger partial charge in [0.15, 0.2) is 5.82 Å². The van der Waals surface area contributed by atoms with Gasteiger partial charge in [0.1, 0.15) is 11.6 Å². The average molecular weight is 473 g/mol. The Kier molecular flexibility index (Phi) is 5.58. The topological polar surface area (TPSA) is 84.6 Å². The molecule has 182 valence electrons. The van der Waals surface area contributed by atoms with Gasteiger partial charge in [-0.25, -0.2) is 13.6 Å². The maximum absolute atomic E-state index is 14.0. The molecule has 3 amide bonds. The van der Waals surface area contributed by atoms with Gasteiger partial charge in [-0.05, 0) is 51.7 Å². The number of aromatic nitrogens is 2. The lowest BCUT2D eigenvalue weighted by atomic mass is 10.0. The number of nitrogens with zero attached hydrogens (tertiary/aromatic N) is 4. The van der Waals surface area contributed by atoms with Crippen LogP contribution in [0.1, 0.15) is 55.2 Å². The van der Waals surface area contributed by atoms with Gasteiger partial charge in [-0.3, -0.25) is 14.8 Å². The number of benzene rings is 1. The van der Waals surface area contributed by atoms with Crippen molar-refractivity contribution < 1.29 is 18.4 Å². The number of carbonyl (C=O) groups is 2. The van der Waals surface area contributed by atoms with Gasteiger partial charge in [-0.1, -0.05) is 0 Å². The van der Waals surface area contributed by atoms with Gasteiger partial charge < -0.3 is 15.1 Å². The van der Waals surface area contributed by atoms with Gasteiger partial charge in [0, 0.05) is 43.9 Å². The second-order valence-corrected chi connectivity index (χ2v) is 10.2. The fraction of sp³-hybridized carbons (Fsp3) is 0.542. The Morgan fingerprint density at radius 1 is 1.24 bits per heavy atom. The number of anilines is 1. The van der Waals surface area contributed by atoms with Gasteiger partial charge >= 0.3 is 6.03 Å². The molecule has 0 bridgehead atoms. The predicted octanol–water partition coefficient (Wildman–Crippen LogP) is 3.53. The number of hydrogen-bond donors (Lipinski definition) is 2. The van der Waals surface area contributed by atoms with Crippen molar-refractivity contribution in [2.24, 2.45) is 5.92 Å². The van der Waals surface area contributed by atoms with E-state index in [0.717, 1.165) is 43.4 Å². The van der Waals surface area contributed by atoms with Crippen LogP contribution in [0.25, 0.3) is 0 Å². The Morgan fingerprint density at radius 3 is 2.68 bits per heavy atom. The van der Waals surface area contributed by atoms with Crippen molar-refractivity contribution in [3.8, 4) is 0 Å². The molecule has 1 aromatic heterocycles. The number of H-pyrrole nitrogens is 1. The van der Waals surface area contributed by atoms with Gasteiger partial charge in [-0.2, -0.15) is 5.10 Å². The molecule has 1 saturated heterocycles. The summed E-state index contributed by atoms with van der Waals surface area (Å²) in [5.41, 5.74) is 0.486. The van der Waals surface area contributed by atoms with E-state index >= 15 is 0 Å². The number of amides is 3. The number of carbonyl (C=O) groups excluding carboxylic acids is 2. The second kappa shape index (κ2) is 8.33. The van der Waals surface area contributed by atoms with Crippen LogP contribution in [0, 0.1) is 17.6 Å². The van der Waals surface area contributed by atoms with E-state index in [-0.39, 0.29) is 30.0 Å². The third-order valence-electron chi connectivity index (χ3n) is 7.28. The highest BCUT2D eigenvalue weighted by atomic mass is 19.1. The summed E-state index contributed by atoms with van der Waals surface area (Å²) < 4.78 is 27.2. The van der Waals surface area contributed by atoms with Crippen LogP contribution < -0.4 is 5.32 Å². The highest BCUT2D eigenvalue weighted by Crippen LogP contribution is 2.41. The van der Waals surface area contributed by atoms with Crippen LogP contribution in [0.15, 0.2) is 18.2 Å². The number of urea groups is 1. The maximum atomic E-state index is 14.0. The molecule has 10 heteroatoms. The third kappa shape index (κ3) is 4.04. The fourth-order valence-corrected chi connectivity index (χ4v) is 5.08. The summed E-state index contributed by atoms with van der Waals surface area (Å²) in [5.74, 6) is -1.37. The van der Waals surface area contributed by atoms with Crippen LogP contribution in [0.2, 0.25) is 0 Å². The van der Waals surface area contributed by atoms with Gasteiger partial charge in [-0.15, -0.1) is 0 Å². The lowest BCUT2D eigenvalue weighted by Crippen LogP contribution is -2.58. The van der Waals surface area contributed by atoms with Gasteiger partial charge in [0.2, 0.25) is 0 Å². The van der Waals surface area contributed by atoms with E-state index in [1.165, 1.54) is 12.8 Å². The molecule has 34 heavy (non-hydrogen) atoms. The molecule has 1 aliphatic carbocycles. The summed E-state index contributed by atoms with van der Waals surface area (Å²) in [4.78, 5) is 32.4. The molecule has 2 N–H and O–H groups in total. The number of nitrogens with one attached hydrogen (secondary N) is 2. The molecule has 2 aliphatic heterocycles. The summed E-state index contributed by atoms with van der Waals surface area (Å²) in [6, 6.07) is 2.85. The third-order valence-corrected chi connectivity index (χ3v) is 7.28. The maximum Gasteiger partial charge on any atom is 0.321 e. The fourth-order valence-electron chi connectivity index (χ4n) is 5.08. The van der Waals surface area contributed by atoms with Crippen molar-refractivity contribution in [2.45, 2.75) is 51.7 Å². The van der Waals surface area contributed by atoms with E-state index in [1.54, 1.807) is 4.90 Å². The lowest BCUT2D eigenvalue weighted by Gasteiger charge is -2.44. The number of piperazine rings is 1. The lowest BCUT2D eigenvalue weighted by molar-refractivity contribution is 0.0577. The Balaban J connectivity index is 1.30. The van der Waals surface area contributed by atoms with Crippen LogP contribution in [-0.4, -0.2) is 69.1 Å². The molecule has 1 aromatic carbocycles. The van der Waals surface area contributed by atoms with Crippen LogP contribution in [-0.2, 0) is 12.1 Å². The molecule has 2 aromatic rings. The zero-order chi connectivity index (χ0) is 24.2. The number of fused-ring (bicyclic) bond motifs is 1. The molecule has 2 fully saturated rings. The summed E-state index contributed by atoms with van der Waals surface area (Å²) >= 11 is 0. The van der Waals surface area contributed by atoms with Crippen LogP contribution in [0.3, 0.4) is 0 Å². The first-order valence-electron chi connectivity index (χ1n) is 11.8. The Bertz CT molecular complexity index is 1130. The molecule has 0 unspecified atom stereocenters. The minimum atomic E-state index is -0.948. The standard InChI is InChI=1S/C24H30F2N6O2/c1-14-11-30(12-15-4-5-15)8-9-31(14)23(34)32-13-18-20(24(32,2)3)28-29-21(18)27-22(33)17-7-6-16(25)10-19(17)26/h6-7,10,14-15H,4-5,8-9,11-13H2,1-3H3,(H2,27,28,29,33)/t14-/m0/s1. The molecule has 1 saturated carbocycles. The van der Waals surface area contributed by atoms with Gasteiger partial charge in [0.25, 0.3) is 5.91 Å². The average Bonchev–Trinajstić information content (AvgIpc) is 3.42. The van der Waals surface area contributed by atoms with E-state index in [0.29, 0.717) is 18.2 Å². The molecule has 8 nitrogen and oxygen atoms in total. The van der Waals surface area contributed by atoms with Crippen LogP contribution >= 0.6 is 0 Å².